The SMILES string of the molecule is Cc1cc(C)c(N)c(NC(=O)c2c(-c3ccccc3)c(C)cc(C)c2-c2ccccc2)c1N. The molecule has 0 fully saturated rings. The molecule has 0 radical (unpaired) electrons. The third-order valence-electron chi connectivity index (χ3n) is 6.13. The fourth-order valence-corrected chi connectivity index (χ4v) is 4.50. The van der Waals surface area contributed by atoms with Crippen molar-refractivity contribution >= 4 is 23.0 Å². The van der Waals surface area contributed by atoms with E-state index >= 15 is 0 Å². The first-order chi connectivity index (χ1) is 15.8. The van der Waals surface area contributed by atoms with Gasteiger partial charge in [-0.15, -0.1) is 0 Å². The maximum absolute atomic E-state index is 14.0. The molecule has 0 heterocycles. The third kappa shape index (κ3) is 4.08. The minimum atomic E-state index is -0.233. The summed E-state index contributed by atoms with van der Waals surface area (Å²) in [6, 6.07) is 24.1. The molecule has 0 aliphatic rings. The van der Waals surface area contributed by atoms with Crippen molar-refractivity contribution in [2.45, 2.75) is 27.7 Å². The summed E-state index contributed by atoms with van der Waals surface area (Å²) in [5.74, 6) is -0.233. The third-order valence-corrected chi connectivity index (χ3v) is 6.13. The first-order valence-corrected chi connectivity index (χ1v) is 11.0. The Morgan fingerprint density at radius 3 is 1.45 bits per heavy atom. The first kappa shape index (κ1) is 22.2. The lowest BCUT2D eigenvalue weighted by molar-refractivity contribution is 0.102. The number of nitrogen functional groups attached to an aromatic ring is 2. The van der Waals surface area contributed by atoms with E-state index in [9.17, 15) is 4.79 Å². The predicted octanol–water partition coefficient (Wildman–Crippen LogP) is 6.67. The average Bonchev–Trinajstić information content (AvgIpc) is 2.81. The number of carbonyl (C=O) groups is 1. The molecule has 4 rings (SSSR count). The van der Waals surface area contributed by atoms with Crippen LogP contribution in [0.2, 0.25) is 0 Å². The highest BCUT2D eigenvalue weighted by Crippen LogP contribution is 2.39. The summed E-state index contributed by atoms with van der Waals surface area (Å²) in [5.41, 5.74) is 22.3. The molecule has 4 aromatic rings. The highest BCUT2D eigenvalue weighted by molar-refractivity contribution is 6.16. The van der Waals surface area contributed by atoms with Crippen LogP contribution >= 0.6 is 0 Å². The summed E-state index contributed by atoms with van der Waals surface area (Å²) in [6.07, 6.45) is 0. The second kappa shape index (κ2) is 8.83. The number of amides is 1. The Balaban J connectivity index is 2.00. The van der Waals surface area contributed by atoms with Crippen molar-refractivity contribution in [2.24, 2.45) is 0 Å². The molecule has 166 valence electrons. The number of aryl methyl sites for hydroxylation is 4. The van der Waals surface area contributed by atoms with Crippen LogP contribution in [0.25, 0.3) is 22.3 Å². The fourth-order valence-electron chi connectivity index (χ4n) is 4.50. The van der Waals surface area contributed by atoms with E-state index in [1.165, 1.54) is 0 Å². The minimum Gasteiger partial charge on any atom is -0.397 e. The molecule has 0 aromatic heterocycles. The molecule has 0 bridgehead atoms. The molecule has 0 aliphatic heterocycles. The summed E-state index contributed by atoms with van der Waals surface area (Å²) >= 11 is 0. The van der Waals surface area contributed by atoms with Crippen LogP contribution in [0, 0.1) is 27.7 Å². The second-order valence-electron chi connectivity index (χ2n) is 8.53. The molecule has 5 N–H and O–H groups in total. The van der Waals surface area contributed by atoms with Gasteiger partial charge in [0.2, 0.25) is 0 Å². The molecular formula is C29H29N3O. The second-order valence-corrected chi connectivity index (χ2v) is 8.53. The molecule has 0 atom stereocenters. The smallest absolute Gasteiger partial charge is 0.257 e. The van der Waals surface area contributed by atoms with Crippen LogP contribution in [-0.2, 0) is 0 Å². The van der Waals surface area contributed by atoms with Crippen LogP contribution in [0.1, 0.15) is 32.6 Å². The Kier molecular flexibility index (Phi) is 5.93. The Morgan fingerprint density at radius 2 is 1.03 bits per heavy atom. The van der Waals surface area contributed by atoms with E-state index in [1.807, 2.05) is 94.4 Å². The zero-order chi connectivity index (χ0) is 23.7. The largest absolute Gasteiger partial charge is 0.397 e. The van der Waals surface area contributed by atoms with Gasteiger partial charge in [-0.2, -0.15) is 0 Å². The standard InChI is InChI=1S/C29H29N3O/c1-17-15-18(2)24(22-13-9-6-10-14-22)25(23(17)21-11-7-5-8-12-21)29(33)32-28-26(30)19(3)16-20(4)27(28)31/h5-16H,30-31H2,1-4H3,(H,32,33). The van der Waals surface area contributed by atoms with Gasteiger partial charge in [-0.25, -0.2) is 0 Å². The topological polar surface area (TPSA) is 81.1 Å². The van der Waals surface area contributed by atoms with E-state index in [-0.39, 0.29) is 5.91 Å². The van der Waals surface area contributed by atoms with Gasteiger partial charge in [-0.3, -0.25) is 4.79 Å². The van der Waals surface area contributed by atoms with Gasteiger partial charge in [-0.1, -0.05) is 72.8 Å². The molecule has 0 saturated carbocycles. The Labute approximate surface area is 195 Å². The number of nitrogens with one attached hydrogen (secondary N) is 1. The predicted molar refractivity (Wildman–Crippen MR) is 139 cm³/mol. The van der Waals surface area contributed by atoms with Gasteiger partial charge >= 0.3 is 0 Å². The van der Waals surface area contributed by atoms with Gasteiger partial charge in [-0.05, 0) is 72.2 Å². The molecule has 33 heavy (non-hydrogen) atoms. The van der Waals surface area contributed by atoms with Crippen LogP contribution < -0.4 is 16.8 Å². The number of hydrogen-bond acceptors (Lipinski definition) is 3. The highest BCUT2D eigenvalue weighted by Gasteiger charge is 2.24. The maximum Gasteiger partial charge on any atom is 0.257 e. The normalized spacial score (nSPS) is 10.8. The van der Waals surface area contributed by atoms with Gasteiger partial charge in [0.1, 0.15) is 0 Å². The number of nitrogens with two attached hydrogens (primary N) is 2. The minimum absolute atomic E-state index is 0.233. The average molecular weight is 436 g/mol. The number of hydrogen-bond donors (Lipinski definition) is 3. The van der Waals surface area contributed by atoms with Crippen molar-refractivity contribution in [3.63, 3.8) is 0 Å². The summed E-state index contributed by atoms with van der Waals surface area (Å²) in [5, 5.41) is 3.06. The van der Waals surface area contributed by atoms with E-state index in [0.717, 1.165) is 44.5 Å². The van der Waals surface area contributed by atoms with Crippen LogP contribution in [-0.4, -0.2) is 5.91 Å². The van der Waals surface area contributed by atoms with E-state index in [0.29, 0.717) is 22.6 Å². The zero-order valence-corrected chi connectivity index (χ0v) is 19.5. The molecule has 0 spiro atoms. The Morgan fingerprint density at radius 1 is 0.636 bits per heavy atom. The van der Waals surface area contributed by atoms with Crippen molar-refractivity contribution in [2.75, 3.05) is 16.8 Å². The number of rotatable bonds is 4. The van der Waals surface area contributed by atoms with Gasteiger partial charge < -0.3 is 16.8 Å². The fraction of sp³-hybridized carbons (Fsp3) is 0.138. The molecule has 0 unspecified atom stereocenters. The number of carbonyl (C=O) groups excluding carboxylic acids is 1. The zero-order valence-electron chi connectivity index (χ0n) is 19.5. The van der Waals surface area contributed by atoms with E-state index in [4.69, 9.17) is 11.5 Å². The lowest BCUT2D eigenvalue weighted by Crippen LogP contribution is -2.19. The quantitative estimate of drug-likeness (QED) is 0.313. The molecule has 0 saturated heterocycles. The van der Waals surface area contributed by atoms with E-state index in [1.54, 1.807) is 0 Å². The first-order valence-electron chi connectivity index (χ1n) is 11.0. The summed E-state index contributed by atoms with van der Waals surface area (Å²) < 4.78 is 0. The van der Waals surface area contributed by atoms with Crippen molar-refractivity contribution in [3.05, 3.63) is 101 Å². The summed E-state index contributed by atoms with van der Waals surface area (Å²) in [6.45, 7) is 7.92. The highest BCUT2D eigenvalue weighted by atomic mass is 16.1. The van der Waals surface area contributed by atoms with Crippen LogP contribution in [0.5, 0.6) is 0 Å². The molecule has 4 heteroatoms. The van der Waals surface area contributed by atoms with Crippen LogP contribution in [0.4, 0.5) is 17.1 Å². The van der Waals surface area contributed by atoms with E-state index < -0.39 is 0 Å². The van der Waals surface area contributed by atoms with Crippen molar-refractivity contribution in [1.82, 2.24) is 0 Å². The van der Waals surface area contributed by atoms with Crippen molar-refractivity contribution in [1.29, 1.82) is 0 Å². The van der Waals surface area contributed by atoms with Crippen molar-refractivity contribution < 1.29 is 4.79 Å². The number of benzene rings is 4. The summed E-state index contributed by atoms with van der Waals surface area (Å²) in [7, 11) is 0. The molecule has 1 amide bonds. The Hall–Kier alpha value is -4.05. The van der Waals surface area contributed by atoms with Gasteiger partial charge in [0.15, 0.2) is 0 Å². The number of anilines is 3. The van der Waals surface area contributed by atoms with Gasteiger partial charge in [0.05, 0.1) is 22.6 Å². The monoisotopic (exact) mass is 435 g/mol. The summed E-state index contributed by atoms with van der Waals surface area (Å²) in [4.78, 5) is 14.0. The van der Waals surface area contributed by atoms with Gasteiger partial charge in [0.25, 0.3) is 5.91 Å². The van der Waals surface area contributed by atoms with Crippen molar-refractivity contribution in [3.8, 4) is 22.3 Å². The Bertz CT molecular complexity index is 1250. The van der Waals surface area contributed by atoms with Crippen LogP contribution in [0.15, 0.2) is 72.8 Å². The lowest BCUT2D eigenvalue weighted by atomic mass is 9.85. The van der Waals surface area contributed by atoms with Crippen LogP contribution in [0.3, 0.4) is 0 Å². The maximum atomic E-state index is 14.0. The lowest BCUT2D eigenvalue weighted by Gasteiger charge is -2.22. The molecule has 0 aliphatic carbocycles. The molecule has 4 nitrogen and oxygen atoms in total. The molecule has 4 aromatic carbocycles. The molecular weight excluding hydrogens is 406 g/mol. The van der Waals surface area contributed by atoms with Gasteiger partial charge in [0, 0.05) is 0 Å². The van der Waals surface area contributed by atoms with E-state index in [2.05, 4.69) is 11.4 Å².